The van der Waals surface area contributed by atoms with Gasteiger partial charge in [-0.2, -0.15) is 16.8 Å². The molecule has 4 N–H and O–H groups in total. The minimum atomic E-state index is -4.62. The van der Waals surface area contributed by atoms with Gasteiger partial charge < -0.3 is 10.6 Å². The van der Waals surface area contributed by atoms with Crippen molar-refractivity contribution < 1.29 is 44.3 Å². The molecule has 0 aromatic heterocycles. The Kier molecular flexibility index (Phi) is 16.1. The van der Waals surface area contributed by atoms with Gasteiger partial charge in [0.15, 0.2) is 0 Å². The molecule has 14 heteroatoms. The van der Waals surface area contributed by atoms with Crippen molar-refractivity contribution in [2.24, 2.45) is 0 Å². The molecule has 2 aromatic carbocycles. The average Bonchev–Trinajstić information content (AvgIpc) is 2.77. The van der Waals surface area contributed by atoms with E-state index in [1.54, 1.807) is 24.3 Å². The van der Waals surface area contributed by atoms with Gasteiger partial charge in [0.05, 0.1) is 0 Å². The monoisotopic (exact) mass is 566 g/mol. The Hall–Kier alpha value is -2.94. The second kappa shape index (κ2) is 17.5. The maximum absolute atomic E-state index is 12.5. The minimum Gasteiger partial charge on any atom is -0.352 e. The number of rotatable bonds is 10. The van der Waals surface area contributed by atoms with E-state index in [4.69, 9.17) is 9.11 Å². The number of nitrogens with one attached hydrogen (secondary N) is 2. The van der Waals surface area contributed by atoms with Crippen LogP contribution in [0.1, 0.15) is 50.7 Å². The van der Waals surface area contributed by atoms with Crippen molar-refractivity contribution in [1.82, 2.24) is 10.6 Å². The number of carbonyl (C=O) groups excluding carboxylic acids is 2. The summed E-state index contributed by atoms with van der Waals surface area (Å²) in [5, 5.41) is 3.86. The van der Waals surface area contributed by atoms with E-state index in [1.165, 1.54) is 24.3 Å². The van der Waals surface area contributed by atoms with Crippen molar-refractivity contribution in [3.05, 3.63) is 71.3 Å². The second-order valence-corrected chi connectivity index (χ2v) is 10.9. The Balaban J connectivity index is 0.000000541. The van der Waals surface area contributed by atoms with Gasteiger partial charge in [0.1, 0.15) is 11.6 Å². The fourth-order valence-corrected chi connectivity index (χ4v) is 3.93. The van der Waals surface area contributed by atoms with Gasteiger partial charge in [-0.3, -0.25) is 18.7 Å². The molecule has 0 unspecified atom stereocenters. The molecule has 0 aliphatic rings. The summed E-state index contributed by atoms with van der Waals surface area (Å²) in [6.07, 6.45) is 2.77. The van der Waals surface area contributed by atoms with E-state index in [-0.39, 0.29) is 23.4 Å². The van der Waals surface area contributed by atoms with Crippen LogP contribution in [0.15, 0.2) is 48.5 Å². The molecule has 0 atom stereocenters. The van der Waals surface area contributed by atoms with E-state index in [0.29, 0.717) is 25.9 Å². The first kappa shape index (κ1) is 34.1. The smallest absolute Gasteiger partial charge is 0.281 e. The highest BCUT2D eigenvalue weighted by Gasteiger charge is 2.15. The molecule has 0 aliphatic heterocycles. The summed E-state index contributed by atoms with van der Waals surface area (Å²) < 4.78 is 79.3. The molecule has 37 heavy (non-hydrogen) atoms. The van der Waals surface area contributed by atoms with Crippen molar-refractivity contribution in [2.75, 3.05) is 5.08 Å². The number of halogens is 2. The van der Waals surface area contributed by atoms with E-state index >= 15 is 0 Å². The SMILES string of the molecule is CCCC(=O)NCc1ccc(F)cc1.CCCC(=O)NCc1ccc(F)cc1.O=S(=O)(O)CS(=O)(=O)O. The maximum Gasteiger partial charge on any atom is 0.281 e. The van der Waals surface area contributed by atoms with E-state index in [0.717, 1.165) is 24.0 Å². The van der Waals surface area contributed by atoms with Crippen LogP contribution in [-0.4, -0.2) is 42.8 Å². The van der Waals surface area contributed by atoms with E-state index in [9.17, 15) is 35.2 Å². The maximum atomic E-state index is 12.5. The van der Waals surface area contributed by atoms with E-state index in [2.05, 4.69) is 10.6 Å². The van der Waals surface area contributed by atoms with Crippen LogP contribution in [0, 0.1) is 11.6 Å². The summed E-state index contributed by atoms with van der Waals surface area (Å²) in [4.78, 5) is 22.2. The lowest BCUT2D eigenvalue weighted by Crippen LogP contribution is -2.21. The van der Waals surface area contributed by atoms with Gasteiger partial charge >= 0.3 is 0 Å². The standard InChI is InChI=1S/2C11H14FNO.CH4O6S2/c2*1-2-3-11(14)13-8-9-4-6-10(12)7-5-9;2-8(3,4)1-9(5,6)7/h2*4-7H,2-3,8H2,1H3,(H,13,14);1H2,(H,2,3,4)(H,5,6,7). The van der Waals surface area contributed by atoms with Crippen LogP contribution in [0.2, 0.25) is 0 Å². The van der Waals surface area contributed by atoms with Crippen LogP contribution in [0.4, 0.5) is 8.78 Å². The first-order valence-electron chi connectivity index (χ1n) is 11.1. The van der Waals surface area contributed by atoms with E-state index in [1.807, 2.05) is 13.8 Å². The summed E-state index contributed by atoms with van der Waals surface area (Å²) in [5.74, 6) is -0.434. The fraction of sp³-hybridized carbons (Fsp3) is 0.391. The van der Waals surface area contributed by atoms with Gasteiger partial charge in [0, 0.05) is 25.9 Å². The lowest BCUT2D eigenvalue weighted by molar-refractivity contribution is -0.122. The van der Waals surface area contributed by atoms with Crippen molar-refractivity contribution in [3.63, 3.8) is 0 Å². The highest BCUT2D eigenvalue weighted by Crippen LogP contribution is 2.03. The number of amides is 2. The van der Waals surface area contributed by atoms with Gasteiger partial charge in [0.25, 0.3) is 20.2 Å². The molecule has 208 valence electrons. The third kappa shape index (κ3) is 20.9. The Morgan fingerprint density at radius 1 is 0.676 bits per heavy atom. The van der Waals surface area contributed by atoms with Gasteiger partial charge in [-0.1, -0.05) is 38.1 Å². The van der Waals surface area contributed by atoms with Crippen LogP contribution < -0.4 is 10.6 Å². The molecule has 0 spiro atoms. The Morgan fingerprint density at radius 3 is 1.19 bits per heavy atom. The summed E-state index contributed by atoms with van der Waals surface area (Å²) in [5.41, 5.74) is 1.83. The largest absolute Gasteiger partial charge is 0.352 e. The molecule has 2 aromatic rings. The zero-order valence-corrected chi connectivity index (χ0v) is 22.1. The molecule has 2 amide bonds. The zero-order valence-electron chi connectivity index (χ0n) is 20.5. The van der Waals surface area contributed by atoms with Crippen LogP contribution in [0.25, 0.3) is 0 Å². The molecule has 0 aliphatic carbocycles. The average molecular weight is 567 g/mol. The van der Waals surface area contributed by atoms with Gasteiger partial charge in [-0.05, 0) is 48.2 Å². The summed E-state index contributed by atoms with van der Waals surface area (Å²) in [6, 6.07) is 12.2. The molecule has 0 fully saturated rings. The van der Waals surface area contributed by atoms with Crippen LogP contribution in [0.5, 0.6) is 0 Å². The van der Waals surface area contributed by atoms with Crippen LogP contribution >= 0.6 is 0 Å². The Bertz CT molecular complexity index is 1080. The number of benzene rings is 2. The van der Waals surface area contributed by atoms with Crippen LogP contribution in [-0.2, 0) is 42.9 Å². The number of hydrogen-bond acceptors (Lipinski definition) is 6. The van der Waals surface area contributed by atoms with Crippen molar-refractivity contribution in [2.45, 2.75) is 52.6 Å². The van der Waals surface area contributed by atoms with E-state index < -0.39 is 25.3 Å². The van der Waals surface area contributed by atoms with Gasteiger partial charge in [0.2, 0.25) is 16.9 Å². The van der Waals surface area contributed by atoms with Crippen molar-refractivity contribution in [1.29, 1.82) is 0 Å². The van der Waals surface area contributed by atoms with Gasteiger partial charge in [-0.25, -0.2) is 8.78 Å². The third-order valence-corrected chi connectivity index (χ3v) is 6.44. The third-order valence-electron chi connectivity index (χ3n) is 4.06. The summed E-state index contributed by atoms with van der Waals surface area (Å²) >= 11 is 0. The fourth-order valence-electron chi connectivity index (χ4n) is 2.42. The molecule has 10 nitrogen and oxygen atoms in total. The zero-order chi connectivity index (χ0) is 28.5. The molecule has 0 saturated carbocycles. The second-order valence-electron chi connectivity index (χ2n) is 7.59. The number of carbonyl (C=O) groups is 2. The number of hydrogen-bond donors (Lipinski definition) is 4. The van der Waals surface area contributed by atoms with Crippen LogP contribution in [0.3, 0.4) is 0 Å². The lowest BCUT2D eigenvalue weighted by Gasteiger charge is -2.03. The normalized spacial score (nSPS) is 10.8. The van der Waals surface area contributed by atoms with Crippen molar-refractivity contribution in [3.8, 4) is 0 Å². The predicted octanol–water partition coefficient (Wildman–Crippen LogP) is 3.20. The Morgan fingerprint density at radius 2 is 0.973 bits per heavy atom. The molecular formula is C23H32F2N2O8S2. The summed E-state index contributed by atoms with van der Waals surface area (Å²) in [6.45, 7) is 4.85. The summed E-state index contributed by atoms with van der Waals surface area (Å²) in [7, 11) is -9.24. The predicted molar refractivity (Wildman–Crippen MR) is 134 cm³/mol. The highest BCUT2D eigenvalue weighted by molar-refractivity contribution is 8.02. The van der Waals surface area contributed by atoms with Crippen molar-refractivity contribution >= 4 is 32.1 Å². The molecular weight excluding hydrogens is 534 g/mol. The molecule has 0 bridgehead atoms. The first-order valence-corrected chi connectivity index (χ1v) is 14.3. The highest BCUT2D eigenvalue weighted by atomic mass is 32.3. The minimum absolute atomic E-state index is 0.0387. The molecule has 2 rings (SSSR count). The topological polar surface area (TPSA) is 167 Å². The Labute approximate surface area is 216 Å². The molecule has 0 heterocycles. The quantitative estimate of drug-likeness (QED) is 0.318. The lowest BCUT2D eigenvalue weighted by atomic mass is 10.2. The van der Waals surface area contributed by atoms with Gasteiger partial charge in [-0.15, -0.1) is 0 Å². The first-order chi connectivity index (χ1) is 17.1. The molecule has 0 radical (unpaired) electrons. The molecule has 0 saturated heterocycles.